The number of ether oxygens (including phenoxy) is 2. The number of benzene rings is 1. The highest BCUT2D eigenvalue weighted by atomic mass is 16.5. The monoisotopic (exact) mass is 495 g/mol. The van der Waals surface area contributed by atoms with E-state index in [2.05, 4.69) is 40.9 Å². The van der Waals surface area contributed by atoms with Crippen LogP contribution in [0.4, 0.5) is 11.5 Å². The summed E-state index contributed by atoms with van der Waals surface area (Å²) in [5.74, 6) is 1.55. The minimum atomic E-state index is -0.287. The number of nitrogens with zero attached hydrogens (tertiary/aromatic N) is 3. The van der Waals surface area contributed by atoms with Crippen LogP contribution in [0.5, 0.6) is 11.5 Å². The van der Waals surface area contributed by atoms with E-state index in [1.807, 2.05) is 18.2 Å². The summed E-state index contributed by atoms with van der Waals surface area (Å²) in [5.41, 5.74) is 1.68. The first-order chi connectivity index (χ1) is 17.5. The second kappa shape index (κ2) is 12.4. The van der Waals surface area contributed by atoms with Gasteiger partial charge in [-0.3, -0.25) is 4.79 Å². The van der Waals surface area contributed by atoms with Crippen LogP contribution >= 0.6 is 0 Å². The fourth-order valence-corrected chi connectivity index (χ4v) is 5.12. The molecule has 2 saturated heterocycles. The highest BCUT2D eigenvalue weighted by Crippen LogP contribution is 2.37. The summed E-state index contributed by atoms with van der Waals surface area (Å²) in [5, 5.41) is 7.49. The molecule has 0 saturated carbocycles. The van der Waals surface area contributed by atoms with E-state index < -0.39 is 0 Å². The first kappa shape index (κ1) is 26.2. The standard InChI is InChI=1S/C28H41N5O3/c1-5-28(34)31-27-19-24(29-21-9-14-33(15-10-21)20(2)3)22-17-25(35-4)26(18-23(22)30-27)36-16-8-13-32-11-6-7-12-32/h5,17-21H,1,6-16H2,2-4H3,(H2,29,30,31,34). The minimum absolute atomic E-state index is 0.287. The molecular formula is C28H41N5O3. The molecule has 2 N–H and O–H groups in total. The number of methoxy groups -OCH3 is 1. The van der Waals surface area contributed by atoms with Crippen molar-refractivity contribution in [2.24, 2.45) is 0 Å². The fourth-order valence-electron chi connectivity index (χ4n) is 5.12. The zero-order chi connectivity index (χ0) is 25.5. The first-order valence-electron chi connectivity index (χ1n) is 13.3. The molecule has 0 atom stereocenters. The number of amides is 1. The second-order valence-electron chi connectivity index (χ2n) is 10.1. The normalized spacial score (nSPS) is 17.4. The predicted molar refractivity (Wildman–Crippen MR) is 146 cm³/mol. The van der Waals surface area contributed by atoms with Gasteiger partial charge in [-0.25, -0.2) is 4.98 Å². The number of pyridine rings is 1. The molecule has 8 nitrogen and oxygen atoms in total. The van der Waals surface area contributed by atoms with Gasteiger partial charge in [0, 0.05) is 54.9 Å². The molecule has 2 aliphatic heterocycles. The van der Waals surface area contributed by atoms with Crippen molar-refractivity contribution < 1.29 is 14.3 Å². The molecule has 8 heteroatoms. The van der Waals surface area contributed by atoms with E-state index in [-0.39, 0.29) is 5.91 Å². The van der Waals surface area contributed by atoms with Crippen molar-refractivity contribution in [3.8, 4) is 11.5 Å². The third-order valence-corrected chi connectivity index (χ3v) is 7.23. The average Bonchev–Trinajstić information content (AvgIpc) is 3.40. The number of anilines is 2. The minimum Gasteiger partial charge on any atom is -0.493 e. The van der Waals surface area contributed by atoms with Gasteiger partial charge < -0.3 is 29.9 Å². The van der Waals surface area contributed by atoms with E-state index in [0.29, 0.717) is 36.0 Å². The Kier molecular flexibility index (Phi) is 9.04. The van der Waals surface area contributed by atoms with Gasteiger partial charge in [0.15, 0.2) is 11.5 Å². The van der Waals surface area contributed by atoms with Crippen LogP contribution < -0.4 is 20.1 Å². The van der Waals surface area contributed by atoms with Crippen LogP contribution in [0.1, 0.15) is 46.0 Å². The van der Waals surface area contributed by atoms with Crippen molar-refractivity contribution in [3.63, 3.8) is 0 Å². The summed E-state index contributed by atoms with van der Waals surface area (Å²) in [7, 11) is 1.67. The van der Waals surface area contributed by atoms with Gasteiger partial charge in [0.1, 0.15) is 5.82 Å². The smallest absolute Gasteiger partial charge is 0.248 e. The lowest BCUT2D eigenvalue weighted by molar-refractivity contribution is -0.111. The molecule has 0 aliphatic carbocycles. The Hall–Kier alpha value is -2.84. The van der Waals surface area contributed by atoms with Gasteiger partial charge in [0.2, 0.25) is 5.91 Å². The number of rotatable bonds is 11. The highest BCUT2D eigenvalue weighted by Gasteiger charge is 2.22. The molecule has 0 spiro atoms. The second-order valence-corrected chi connectivity index (χ2v) is 10.1. The van der Waals surface area contributed by atoms with Crippen molar-refractivity contribution >= 4 is 28.3 Å². The first-order valence-corrected chi connectivity index (χ1v) is 13.3. The summed E-state index contributed by atoms with van der Waals surface area (Å²) in [4.78, 5) is 21.7. The summed E-state index contributed by atoms with van der Waals surface area (Å²) < 4.78 is 11.8. The average molecular weight is 496 g/mol. The van der Waals surface area contributed by atoms with Crippen LogP contribution in [-0.2, 0) is 4.79 Å². The number of aromatic nitrogens is 1. The van der Waals surface area contributed by atoms with Crippen LogP contribution in [0.25, 0.3) is 10.9 Å². The predicted octanol–water partition coefficient (Wildman–Crippen LogP) is 4.52. The van der Waals surface area contributed by atoms with Crippen molar-refractivity contribution in [1.29, 1.82) is 0 Å². The maximum Gasteiger partial charge on any atom is 0.248 e. The van der Waals surface area contributed by atoms with Crippen LogP contribution in [0, 0.1) is 0 Å². The Morgan fingerprint density at radius 2 is 1.92 bits per heavy atom. The number of carbonyl (C=O) groups excluding carboxylic acids is 1. The number of fused-ring (bicyclic) bond motifs is 1. The molecule has 0 radical (unpaired) electrons. The number of likely N-dealkylation sites (tertiary alicyclic amines) is 2. The molecule has 1 aromatic carbocycles. The largest absolute Gasteiger partial charge is 0.493 e. The van der Waals surface area contributed by atoms with Crippen LogP contribution in [0.3, 0.4) is 0 Å². The lowest BCUT2D eigenvalue weighted by atomic mass is 10.0. The maximum atomic E-state index is 12.0. The molecule has 0 unspecified atom stereocenters. The van der Waals surface area contributed by atoms with E-state index in [1.165, 1.54) is 32.0 Å². The van der Waals surface area contributed by atoms with Gasteiger partial charge in [-0.15, -0.1) is 0 Å². The number of nitrogens with one attached hydrogen (secondary N) is 2. The summed E-state index contributed by atoms with van der Waals surface area (Å²) in [6.07, 6.45) is 6.93. The van der Waals surface area contributed by atoms with Gasteiger partial charge in [0.25, 0.3) is 0 Å². The number of carbonyl (C=O) groups is 1. The highest BCUT2D eigenvalue weighted by molar-refractivity contribution is 6.01. The van der Waals surface area contributed by atoms with Gasteiger partial charge in [-0.1, -0.05) is 6.58 Å². The van der Waals surface area contributed by atoms with Crippen LogP contribution in [0.15, 0.2) is 30.9 Å². The van der Waals surface area contributed by atoms with Crippen molar-refractivity contribution in [2.75, 3.05) is 57.1 Å². The van der Waals surface area contributed by atoms with E-state index in [4.69, 9.17) is 14.5 Å². The summed E-state index contributed by atoms with van der Waals surface area (Å²) in [6, 6.07) is 6.71. The molecule has 1 aromatic heterocycles. The molecule has 2 aromatic rings. The van der Waals surface area contributed by atoms with E-state index >= 15 is 0 Å². The Labute approximate surface area is 215 Å². The zero-order valence-corrected chi connectivity index (χ0v) is 22.0. The quantitative estimate of drug-likeness (QED) is 0.351. The maximum absolute atomic E-state index is 12.0. The Morgan fingerprint density at radius 3 is 2.58 bits per heavy atom. The molecule has 2 fully saturated rings. The molecule has 4 rings (SSSR count). The number of hydrogen-bond acceptors (Lipinski definition) is 7. The van der Waals surface area contributed by atoms with Gasteiger partial charge in [0.05, 0.1) is 19.2 Å². The van der Waals surface area contributed by atoms with Gasteiger partial charge >= 0.3 is 0 Å². The number of piperidine rings is 1. The summed E-state index contributed by atoms with van der Waals surface area (Å²) in [6.45, 7) is 14.2. The van der Waals surface area contributed by atoms with E-state index in [1.54, 1.807) is 7.11 Å². The van der Waals surface area contributed by atoms with Crippen molar-refractivity contribution in [3.05, 3.63) is 30.9 Å². The topological polar surface area (TPSA) is 79.0 Å². The Morgan fingerprint density at radius 1 is 1.17 bits per heavy atom. The molecule has 1 amide bonds. The van der Waals surface area contributed by atoms with E-state index in [9.17, 15) is 4.79 Å². The van der Waals surface area contributed by atoms with Gasteiger partial charge in [-0.2, -0.15) is 0 Å². The summed E-state index contributed by atoms with van der Waals surface area (Å²) >= 11 is 0. The van der Waals surface area contributed by atoms with E-state index in [0.717, 1.165) is 55.5 Å². The van der Waals surface area contributed by atoms with Crippen molar-refractivity contribution in [1.82, 2.24) is 14.8 Å². The lowest BCUT2D eigenvalue weighted by Crippen LogP contribution is -2.42. The van der Waals surface area contributed by atoms with Crippen LogP contribution in [-0.4, -0.2) is 79.2 Å². The third-order valence-electron chi connectivity index (χ3n) is 7.23. The molecular weight excluding hydrogens is 454 g/mol. The molecule has 3 heterocycles. The lowest BCUT2D eigenvalue weighted by Gasteiger charge is -2.35. The van der Waals surface area contributed by atoms with Crippen LogP contribution in [0.2, 0.25) is 0 Å². The third kappa shape index (κ3) is 6.68. The molecule has 0 bridgehead atoms. The van der Waals surface area contributed by atoms with Gasteiger partial charge in [-0.05, 0) is 71.2 Å². The molecule has 2 aliphatic rings. The Balaban J connectivity index is 1.55. The number of hydrogen-bond donors (Lipinski definition) is 2. The SMILES string of the molecule is C=CC(=O)Nc1cc(NC2CCN(C(C)C)CC2)c2cc(OC)c(OCCCN3CCCC3)cc2n1. The molecule has 196 valence electrons. The zero-order valence-electron chi connectivity index (χ0n) is 22.0. The molecule has 36 heavy (non-hydrogen) atoms. The van der Waals surface area contributed by atoms with Crippen molar-refractivity contribution in [2.45, 2.75) is 58.0 Å². The fraction of sp³-hybridized carbons (Fsp3) is 0.571. The Bertz CT molecular complexity index is 1040.